The van der Waals surface area contributed by atoms with Crippen molar-refractivity contribution in [3.05, 3.63) is 30.1 Å². The monoisotopic (exact) mass is 206 g/mol. The van der Waals surface area contributed by atoms with Crippen LogP contribution in [0.5, 0.6) is 0 Å². The number of H-pyrrole nitrogens is 1. The summed E-state index contributed by atoms with van der Waals surface area (Å²) in [5, 5.41) is 0. The molecule has 0 amide bonds. The van der Waals surface area contributed by atoms with E-state index in [4.69, 9.17) is 0 Å². The van der Waals surface area contributed by atoms with Crippen molar-refractivity contribution in [1.82, 2.24) is 0 Å². The summed E-state index contributed by atoms with van der Waals surface area (Å²) in [6, 6.07) is 4.35. The third-order valence-corrected chi connectivity index (χ3v) is 2.78. The smallest absolute Gasteiger partial charge is 0.167 e. The predicted molar refractivity (Wildman–Crippen MR) is 64.6 cm³/mol. The van der Waals surface area contributed by atoms with Gasteiger partial charge in [0.25, 0.3) is 0 Å². The van der Waals surface area contributed by atoms with Gasteiger partial charge in [-0.05, 0) is 24.3 Å². The van der Waals surface area contributed by atoms with Crippen molar-refractivity contribution < 1.29 is 4.98 Å². The molecule has 0 aliphatic heterocycles. The predicted octanol–water partition coefficient (Wildman–Crippen LogP) is 3.65. The van der Waals surface area contributed by atoms with Crippen molar-refractivity contribution >= 4 is 0 Å². The largest absolute Gasteiger partial charge is 0.218 e. The summed E-state index contributed by atoms with van der Waals surface area (Å²) in [5.41, 5.74) is 1.46. The molecule has 1 rings (SSSR count). The van der Waals surface area contributed by atoms with E-state index in [9.17, 15) is 0 Å². The molecule has 1 aromatic heterocycles. The van der Waals surface area contributed by atoms with E-state index in [0.717, 1.165) is 5.92 Å². The van der Waals surface area contributed by atoms with Crippen LogP contribution >= 0.6 is 0 Å². The van der Waals surface area contributed by atoms with Gasteiger partial charge in [0.1, 0.15) is 0 Å². The maximum absolute atomic E-state index is 3.06. The molecule has 0 saturated heterocycles. The van der Waals surface area contributed by atoms with E-state index in [1.165, 1.54) is 44.1 Å². The first-order chi connectivity index (χ1) is 7.29. The Labute approximate surface area is 93.9 Å². The first-order valence-corrected chi connectivity index (χ1v) is 6.24. The lowest BCUT2D eigenvalue weighted by molar-refractivity contribution is -0.378. The number of aryl methyl sites for hydroxylation is 1. The van der Waals surface area contributed by atoms with E-state index in [2.05, 4.69) is 31.0 Å². The molecule has 1 nitrogen and oxygen atoms in total. The van der Waals surface area contributed by atoms with Crippen LogP contribution in [-0.4, -0.2) is 0 Å². The SMILES string of the molecule is CC(C)CCCCCCc1cc[nH+]cc1. The van der Waals surface area contributed by atoms with Crippen LogP contribution in [0.4, 0.5) is 0 Å². The third-order valence-electron chi connectivity index (χ3n) is 2.78. The molecule has 1 aromatic rings. The van der Waals surface area contributed by atoms with Crippen molar-refractivity contribution in [3.63, 3.8) is 0 Å². The van der Waals surface area contributed by atoms with Crippen LogP contribution in [0.1, 0.15) is 51.5 Å². The molecular formula is C14H24N+. The molecule has 0 bridgehead atoms. The summed E-state index contributed by atoms with van der Waals surface area (Å²) in [5.74, 6) is 0.870. The number of aromatic nitrogens is 1. The first-order valence-electron chi connectivity index (χ1n) is 6.24. The lowest BCUT2D eigenvalue weighted by atomic mass is 10.0. The van der Waals surface area contributed by atoms with E-state index in [1.54, 1.807) is 0 Å². The fourth-order valence-electron chi connectivity index (χ4n) is 1.82. The molecule has 0 aromatic carbocycles. The van der Waals surface area contributed by atoms with Gasteiger partial charge in [0.2, 0.25) is 0 Å². The molecule has 0 unspecified atom stereocenters. The fraction of sp³-hybridized carbons (Fsp3) is 0.643. The van der Waals surface area contributed by atoms with Crippen LogP contribution in [0, 0.1) is 5.92 Å². The van der Waals surface area contributed by atoms with E-state index >= 15 is 0 Å². The van der Waals surface area contributed by atoms with Gasteiger partial charge in [-0.3, -0.25) is 0 Å². The molecule has 1 heterocycles. The van der Waals surface area contributed by atoms with Crippen LogP contribution < -0.4 is 4.98 Å². The normalized spacial score (nSPS) is 10.9. The molecule has 0 aliphatic rings. The zero-order valence-electron chi connectivity index (χ0n) is 10.1. The van der Waals surface area contributed by atoms with Crippen LogP contribution in [0.15, 0.2) is 24.5 Å². The molecule has 0 radical (unpaired) electrons. The molecule has 0 atom stereocenters. The Kier molecular flexibility index (Phi) is 6.06. The molecule has 15 heavy (non-hydrogen) atoms. The fourth-order valence-corrected chi connectivity index (χ4v) is 1.82. The zero-order valence-corrected chi connectivity index (χ0v) is 10.1. The maximum Gasteiger partial charge on any atom is 0.167 e. The highest BCUT2D eigenvalue weighted by atomic mass is 14.6. The second-order valence-corrected chi connectivity index (χ2v) is 4.75. The van der Waals surface area contributed by atoms with E-state index in [1.807, 2.05) is 12.4 Å². The van der Waals surface area contributed by atoms with Gasteiger partial charge in [0.05, 0.1) is 0 Å². The summed E-state index contributed by atoms with van der Waals surface area (Å²) in [7, 11) is 0. The number of rotatable bonds is 7. The summed E-state index contributed by atoms with van der Waals surface area (Å²) < 4.78 is 0. The highest BCUT2D eigenvalue weighted by molar-refractivity contribution is 5.06. The second kappa shape index (κ2) is 7.44. The van der Waals surface area contributed by atoms with Gasteiger partial charge in [0, 0.05) is 12.1 Å². The Hall–Kier alpha value is -0.850. The lowest BCUT2D eigenvalue weighted by Crippen LogP contribution is -1.98. The lowest BCUT2D eigenvalue weighted by Gasteiger charge is -2.04. The summed E-state index contributed by atoms with van der Waals surface area (Å²) in [6.07, 6.45) is 12.2. The number of nitrogens with one attached hydrogen (secondary N) is 1. The standard InChI is InChI=1S/C14H23N/c1-13(2)7-5-3-4-6-8-14-9-11-15-12-10-14/h9-13H,3-8H2,1-2H3/p+1. The number of hydrogen-bond acceptors (Lipinski definition) is 0. The minimum atomic E-state index is 0.870. The van der Waals surface area contributed by atoms with Crippen molar-refractivity contribution in [2.24, 2.45) is 5.92 Å². The third kappa shape index (κ3) is 6.27. The molecular weight excluding hydrogens is 182 g/mol. The van der Waals surface area contributed by atoms with Crippen molar-refractivity contribution in [2.45, 2.75) is 52.4 Å². The minimum Gasteiger partial charge on any atom is -0.218 e. The number of pyridine rings is 1. The maximum atomic E-state index is 3.06. The molecule has 1 N–H and O–H groups in total. The Balaban J connectivity index is 1.98. The van der Waals surface area contributed by atoms with E-state index < -0.39 is 0 Å². The molecule has 0 spiro atoms. The first kappa shape index (κ1) is 12.2. The van der Waals surface area contributed by atoms with Gasteiger partial charge < -0.3 is 0 Å². The van der Waals surface area contributed by atoms with Crippen LogP contribution in [0.3, 0.4) is 0 Å². The van der Waals surface area contributed by atoms with Gasteiger partial charge in [0.15, 0.2) is 12.4 Å². The summed E-state index contributed by atoms with van der Waals surface area (Å²) in [6.45, 7) is 4.61. The number of unbranched alkanes of at least 4 members (excludes halogenated alkanes) is 3. The number of aromatic amines is 1. The summed E-state index contributed by atoms with van der Waals surface area (Å²) >= 11 is 0. The van der Waals surface area contributed by atoms with E-state index in [0.29, 0.717) is 0 Å². The Bertz CT molecular complexity index is 241. The molecule has 0 fully saturated rings. The highest BCUT2D eigenvalue weighted by Gasteiger charge is 1.96. The van der Waals surface area contributed by atoms with Gasteiger partial charge in [-0.15, -0.1) is 0 Å². The zero-order chi connectivity index (χ0) is 10.9. The molecule has 0 saturated carbocycles. The molecule has 0 aliphatic carbocycles. The molecule has 84 valence electrons. The van der Waals surface area contributed by atoms with Crippen molar-refractivity contribution in [3.8, 4) is 0 Å². The Morgan fingerprint density at radius 2 is 1.67 bits per heavy atom. The minimum absolute atomic E-state index is 0.870. The quantitative estimate of drug-likeness (QED) is 0.605. The average molecular weight is 206 g/mol. The summed E-state index contributed by atoms with van der Waals surface area (Å²) in [4.78, 5) is 3.06. The van der Waals surface area contributed by atoms with Crippen molar-refractivity contribution in [1.29, 1.82) is 0 Å². The van der Waals surface area contributed by atoms with Gasteiger partial charge in [-0.1, -0.05) is 39.5 Å². The van der Waals surface area contributed by atoms with Gasteiger partial charge in [-0.25, -0.2) is 4.98 Å². The topological polar surface area (TPSA) is 14.1 Å². The Morgan fingerprint density at radius 1 is 1.00 bits per heavy atom. The van der Waals surface area contributed by atoms with Crippen LogP contribution in [-0.2, 0) is 6.42 Å². The number of hydrogen-bond donors (Lipinski definition) is 0. The van der Waals surface area contributed by atoms with Crippen LogP contribution in [0.2, 0.25) is 0 Å². The average Bonchev–Trinajstić information content (AvgIpc) is 2.24. The molecule has 1 heteroatoms. The Morgan fingerprint density at radius 3 is 2.33 bits per heavy atom. The highest BCUT2D eigenvalue weighted by Crippen LogP contribution is 2.11. The van der Waals surface area contributed by atoms with Gasteiger partial charge >= 0.3 is 0 Å². The van der Waals surface area contributed by atoms with Crippen LogP contribution in [0.25, 0.3) is 0 Å². The van der Waals surface area contributed by atoms with Crippen molar-refractivity contribution in [2.75, 3.05) is 0 Å². The van der Waals surface area contributed by atoms with E-state index in [-0.39, 0.29) is 0 Å². The second-order valence-electron chi connectivity index (χ2n) is 4.75. The van der Waals surface area contributed by atoms with Gasteiger partial charge in [-0.2, -0.15) is 0 Å².